The van der Waals surface area contributed by atoms with Crippen molar-refractivity contribution in [3.8, 4) is 23.0 Å². The van der Waals surface area contributed by atoms with Gasteiger partial charge in [-0.15, -0.1) is 0 Å². The van der Waals surface area contributed by atoms with E-state index in [-0.39, 0.29) is 18.2 Å². The van der Waals surface area contributed by atoms with Gasteiger partial charge >= 0.3 is 0 Å². The highest BCUT2D eigenvalue weighted by atomic mass is 35.5. The van der Waals surface area contributed by atoms with Crippen molar-refractivity contribution in [2.75, 3.05) is 28.4 Å². The molecule has 0 aliphatic heterocycles. The van der Waals surface area contributed by atoms with Crippen LogP contribution in [0.25, 0.3) is 5.57 Å². The second kappa shape index (κ2) is 8.99. The number of ether oxygens (including phenoxy) is 4. The first-order valence-electron chi connectivity index (χ1n) is 8.61. The van der Waals surface area contributed by atoms with Crippen LogP contribution in [0.4, 0.5) is 5.69 Å². The molecule has 3 N–H and O–H groups in total. The van der Waals surface area contributed by atoms with Gasteiger partial charge in [-0.25, -0.2) is 0 Å². The average Bonchev–Trinajstić information content (AvgIpc) is 2.85. The number of methoxy groups -OCH3 is 4. The first-order chi connectivity index (χ1) is 13.0. The van der Waals surface area contributed by atoms with Crippen LogP contribution in [0, 0.1) is 0 Å². The van der Waals surface area contributed by atoms with E-state index in [1.54, 1.807) is 34.5 Å². The Morgan fingerprint density at radius 3 is 2.11 bits per heavy atom. The molecule has 28 heavy (non-hydrogen) atoms. The molecule has 0 spiro atoms. The normalized spacial score (nSPS) is 12.9. The maximum absolute atomic E-state index is 12.4. The molecule has 0 saturated heterocycles. The molecule has 0 aromatic heterocycles. The lowest BCUT2D eigenvalue weighted by Crippen LogP contribution is -3.00. The first kappa shape index (κ1) is 21.6. The molecule has 0 heterocycles. The van der Waals surface area contributed by atoms with E-state index in [1.807, 2.05) is 24.3 Å². The van der Waals surface area contributed by atoms with Crippen LogP contribution >= 0.6 is 0 Å². The third-order valence-corrected chi connectivity index (χ3v) is 4.74. The van der Waals surface area contributed by atoms with Crippen LogP contribution in [0.5, 0.6) is 23.0 Å². The molecular formula is C21H24ClNO5. The molecule has 1 aliphatic carbocycles. The van der Waals surface area contributed by atoms with Gasteiger partial charge < -0.3 is 37.1 Å². The zero-order valence-corrected chi connectivity index (χ0v) is 17.2. The summed E-state index contributed by atoms with van der Waals surface area (Å²) in [5.41, 5.74) is 8.28. The highest BCUT2D eigenvalue weighted by molar-refractivity contribution is 6.03. The van der Waals surface area contributed by atoms with Crippen LogP contribution in [0.1, 0.15) is 23.1 Å². The Morgan fingerprint density at radius 1 is 0.857 bits per heavy atom. The largest absolute Gasteiger partial charge is 1.00 e. The number of carbonyl (C=O) groups excluding carboxylic acids is 1. The van der Waals surface area contributed by atoms with Crippen molar-refractivity contribution in [2.24, 2.45) is 0 Å². The lowest BCUT2D eigenvalue weighted by molar-refractivity contribution is -0.256. The average molecular weight is 406 g/mol. The number of hydrogen-bond donors (Lipinski definition) is 1. The number of benzene rings is 2. The summed E-state index contributed by atoms with van der Waals surface area (Å²) in [5.74, 6) is 2.43. The van der Waals surface area contributed by atoms with Gasteiger partial charge in [0, 0.05) is 18.1 Å². The van der Waals surface area contributed by atoms with Crippen LogP contribution in [0.3, 0.4) is 0 Å². The van der Waals surface area contributed by atoms with E-state index >= 15 is 0 Å². The van der Waals surface area contributed by atoms with Crippen LogP contribution < -0.4 is 37.1 Å². The van der Waals surface area contributed by atoms with Crippen molar-refractivity contribution in [2.45, 2.75) is 12.8 Å². The van der Waals surface area contributed by atoms with Crippen LogP contribution in [0.15, 0.2) is 30.3 Å². The molecule has 2 aromatic rings. The van der Waals surface area contributed by atoms with Crippen molar-refractivity contribution in [3.05, 3.63) is 47.0 Å². The molecule has 0 amide bonds. The Kier molecular flexibility index (Phi) is 6.94. The van der Waals surface area contributed by atoms with Gasteiger partial charge in [-0.1, -0.05) is 6.07 Å². The first-order valence-corrected chi connectivity index (χ1v) is 8.61. The van der Waals surface area contributed by atoms with Gasteiger partial charge in [0.2, 0.25) is 5.75 Å². The van der Waals surface area contributed by atoms with Gasteiger partial charge in [0.1, 0.15) is 0 Å². The molecule has 150 valence electrons. The molecule has 0 atom stereocenters. The molecule has 1 aliphatic rings. The Morgan fingerprint density at radius 2 is 1.54 bits per heavy atom. The minimum absolute atomic E-state index is 0. The van der Waals surface area contributed by atoms with Gasteiger partial charge in [0.15, 0.2) is 28.7 Å². The van der Waals surface area contributed by atoms with E-state index in [9.17, 15) is 4.79 Å². The predicted molar refractivity (Wildman–Crippen MR) is 102 cm³/mol. The number of rotatable bonds is 5. The number of carbonyl (C=O) groups is 1. The Bertz CT molecular complexity index is 923. The van der Waals surface area contributed by atoms with Crippen LogP contribution in [-0.4, -0.2) is 34.2 Å². The fourth-order valence-electron chi connectivity index (χ4n) is 3.45. The number of allylic oxidation sites excluding steroid dienone is 1. The summed E-state index contributed by atoms with van der Waals surface area (Å²) >= 11 is 0. The zero-order valence-electron chi connectivity index (χ0n) is 16.4. The number of hydrogen-bond acceptors (Lipinski definition) is 5. The van der Waals surface area contributed by atoms with Crippen LogP contribution in [-0.2, 0) is 11.2 Å². The summed E-state index contributed by atoms with van der Waals surface area (Å²) in [6.45, 7) is 0. The van der Waals surface area contributed by atoms with E-state index in [2.05, 4.69) is 5.73 Å². The molecule has 7 heteroatoms. The van der Waals surface area contributed by atoms with Crippen molar-refractivity contribution in [3.63, 3.8) is 0 Å². The fraction of sp³-hybridized carbons (Fsp3) is 0.286. The fourth-order valence-corrected chi connectivity index (χ4v) is 3.45. The molecule has 3 rings (SSSR count). The molecule has 0 saturated carbocycles. The third-order valence-electron chi connectivity index (χ3n) is 4.74. The molecule has 0 bridgehead atoms. The van der Waals surface area contributed by atoms with E-state index in [0.717, 1.165) is 28.0 Å². The van der Waals surface area contributed by atoms with Crippen molar-refractivity contribution in [1.29, 1.82) is 0 Å². The predicted octanol–water partition coefficient (Wildman–Crippen LogP) is -0.455. The number of quaternary nitrogens is 1. The minimum atomic E-state index is 0. The number of ketones is 1. The highest BCUT2D eigenvalue weighted by Gasteiger charge is 2.26. The van der Waals surface area contributed by atoms with Crippen molar-refractivity contribution < 1.29 is 41.9 Å². The Labute approximate surface area is 170 Å². The lowest BCUT2D eigenvalue weighted by atomic mass is 9.92. The van der Waals surface area contributed by atoms with Gasteiger partial charge in [0.05, 0.1) is 28.4 Å². The summed E-state index contributed by atoms with van der Waals surface area (Å²) in [5, 5.41) is 0. The van der Waals surface area contributed by atoms with E-state index in [0.29, 0.717) is 35.8 Å². The molecular weight excluding hydrogens is 382 g/mol. The van der Waals surface area contributed by atoms with Gasteiger partial charge in [0.25, 0.3) is 0 Å². The lowest BCUT2D eigenvalue weighted by Gasteiger charge is -2.20. The smallest absolute Gasteiger partial charge is 0.203 e. The highest BCUT2D eigenvalue weighted by Crippen LogP contribution is 2.46. The van der Waals surface area contributed by atoms with Crippen LogP contribution in [0.2, 0.25) is 0 Å². The van der Waals surface area contributed by atoms with Crippen molar-refractivity contribution >= 4 is 17.0 Å². The topological polar surface area (TPSA) is 81.6 Å². The third kappa shape index (κ3) is 3.79. The summed E-state index contributed by atoms with van der Waals surface area (Å²) < 4.78 is 21.9. The molecule has 0 unspecified atom stereocenters. The monoisotopic (exact) mass is 405 g/mol. The standard InChI is InChI=1S/C21H23NO5.ClH/c1-24-18-8-5-12(9-17(18)22)15-10-13(23)6-7-14-16(15)11-19(25-2)21(27-4)20(14)26-3;/h5,8-11H,6-7,22H2,1-4H3;1H. The van der Waals surface area contributed by atoms with E-state index < -0.39 is 0 Å². The maximum Gasteiger partial charge on any atom is 0.203 e. The molecule has 6 nitrogen and oxygen atoms in total. The van der Waals surface area contributed by atoms with Gasteiger partial charge in [-0.2, -0.15) is 0 Å². The van der Waals surface area contributed by atoms with E-state index in [4.69, 9.17) is 18.9 Å². The summed E-state index contributed by atoms with van der Waals surface area (Å²) in [7, 11) is 6.35. The maximum atomic E-state index is 12.4. The van der Waals surface area contributed by atoms with Gasteiger partial charge in [-0.05, 0) is 41.3 Å². The quantitative estimate of drug-likeness (QED) is 0.728. The second-order valence-corrected chi connectivity index (χ2v) is 6.22. The SMILES string of the molecule is COc1ccc(C2=CC(=O)CCc3c2cc(OC)c(OC)c3OC)cc1[NH3+].[Cl-]. The molecule has 0 fully saturated rings. The summed E-state index contributed by atoms with van der Waals surface area (Å²) in [6.07, 6.45) is 2.64. The number of halogens is 1. The molecule has 0 radical (unpaired) electrons. The second-order valence-electron chi connectivity index (χ2n) is 6.22. The summed E-state index contributed by atoms with van der Waals surface area (Å²) in [4.78, 5) is 12.4. The molecule has 2 aromatic carbocycles. The van der Waals surface area contributed by atoms with E-state index in [1.165, 1.54) is 0 Å². The Hall–Kier alpha value is -2.70. The minimum Gasteiger partial charge on any atom is -1.00 e. The number of fused-ring (bicyclic) bond motifs is 1. The van der Waals surface area contributed by atoms with Crippen molar-refractivity contribution in [1.82, 2.24) is 0 Å². The van der Waals surface area contributed by atoms with Gasteiger partial charge in [-0.3, -0.25) is 4.79 Å². The zero-order chi connectivity index (χ0) is 19.6. The summed E-state index contributed by atoms with van der Waals surface area (Å²) in [6, 6.07) is 7.58. The Balaban J connectivity index is 0.00000280.